The number of nitrogens with zero attached hydrogens (tertiary/aromatic N) is 3. The molecule has 0 fully saturated rings. The van der Waals surface area contributed by atoms with Gasteiger partial charge in [-0.25, -0.2) is 5.10 Å². The van der Waals surface area contributed by atoms with Gasteiger partial charge in [-0.3, -0.25) is 0 Å². The lowest BCUT2D eigenvalue weighted by Gasteiger charge is -2.03. The number of anilines is 3. The lowest BCUT2D eigenvalue weighted by atomic mass is 10.1. The van der Waals surface area contributed by atoms with Gasteiger partial charge in [0, 0.05) is 5.69 Å². The number of aryl methyl sites for hydroxylation is 1. The van der Waals surface area contributed by atoms with Gasteiger partial charge in [0.25, 0.3) is 0 Å². The smallest absolute Gasteiger partial charge is 0.248 e. The summed E-state index contributed by atoms with van der Waals surface area (Å²) >= 11 is 0. The average Bonchev–Trinajstić information content (AvgIpc) is 2.64. The van der Waals surface area contributed by atoms with Crippen LogP contribution in [0.3, 0.4) is 0 Å². The standard InChI is InChI=1S/C10H10N6/c1-6-4-8(3-2-7(6)5-11)13-10-14-9(12)15-16-10/h2-4H,1H3,(H4,12,13,14,15,16). The van der Waals surface area contributed by atoms with Gasteiger partial charge in [0.2, 0.25) is 11.9 Å². The topological polar surface area (TPSA) is 103 Å². The Bertz CT molecular complexity index is 551. The maximum atomic E-state index is 8.79. The van der Waals surface area contributed by atoms with E-state index in [0.717, 1.165) is 11.3 Å². The van der Waals surface area contributed by atoms with Crippen LogP contribution in [0.5, 0.6) is 0 Å². The summed E-state index contributed by atoms with van der Waals surface area (Å²) in [5.41, 5.74) is 7.76. The van der Waals surface area contributed by atoms with Crippen molar-refractivity contribution in [2.75, 3.05) is 11.1 Å². The van der Waals surface area contributed by atoms with Crippen molar-refractivity contribution in [1.29, 1.82) is 5.26 Å². The fraction of sp³-hybridized carbons (Fsp3) is 0.100. The molecule has 2 rings (SSSR count). The molecule has 0 spiro atoms. The molecule has 0 aliphatic rings. The van der Waals surface area contributed by atoms with Crippen LogP contribution in [0.25, 0.3) is 0 Å². The largest absolute Gasteiger partial charge is 0.368 e. The van der Waals surface area contributed by atoms with Gasteiger partial charge >= 0.3 is 0 Å². The second kappa shape index (κ2) is 3.90. The van der Waals surface area contributed by atoms with Crippen LogP contribution in [0.1, 0.15) is 11.1 Å². The maximum absolute atomic E-state index is 8.79. The van der Waals surface area contributed by atoms with Crippen LogP contribution in [-0.4, -0.2) is 15.2 Å². The molecule has 0 radical (unpaired) electrons. The summed E-state index contributed by atoms with van der Waals surface area (Å²) in [4.78, 5) is 3.91. The zero-order valence-corrected chi connectivity index (χ0v) is 8.65. The summed E-state index contributed by atoms with van der Waals surface area (Å²) in [5, 5.41) is 18.1. The summed E-state index contributed by atoms with van der Waals surface area (Å²) in [6, 6.07) is 7.49. The van der Waals surface area contributed by atoms with Crippen LogP contribution in [-0.2, 0) is 0 Å². The quantitative estimate of drug-likeness (QED) is 0.699. The molecule has 0 saturated carbocycles. The molecule has 0 amide bonds. The molecule has 0 bridgehead atoms. The van der Waals surface area contributed by atoms with Crippen molar-refractivity contribution in [3.63, 3.8) is 0 Å². The van der Waals surface area contributed by atoms with Crippen molar-refractivity contribution in [1.82, 2.24) is 15.2 Å². The fourth-order valence-electron chi connectivity index (χ4n) is 1.33. The second-order valence-electron chi connectivity index (χ2n) is 3.31. The first-order valence-electron chi connectivity index (χ1n) is 4.64. The summed E-state index contributed by atoms with van der Waals surface area (Å²) in [5.74, 6) is 0.662. The van der Waals surface area contributed by atoms with Crippen LogP contribution in [0.4, 0.5) is 17.6 Å². The molecule has 1 heterocycles. The molecule has 80 valence electrons. The van der Waals surface area contributed by atoms with Crippen LogP contribution in [0.2, 0.25) is 0 Å². The average molecular weight is 214 g/mol. The molecule has 0 aliphatic heterocycles. The SMILES string of the molecule is Cc1cc(Nc2n[nH]c(N)n2)ccc1C#N. The minimum Gasteiger partial charge on any atom is -0.368 e. The van der Waals surface area contributed by atoms with Gasteiger partial charge in [-0.1, -0.05) is 0 Å². The van der Waals surface area contributed by atoms with E-state index in [2.05, 4.69) is 26.6 Å². The molecule has 0 saturated heterocycles. The van der Waals surface area contributed by atoms with Crippen molar-refractivity contribution in [3.05, 3.63) is 29.3 Å². The lowest BCUT2D eigenvalue weighted by Crippen LogP contribution is -1.94. The van der Waals surface area contributed by atoms with E-state index in [0.29, 0.717) is 11.5 Å². The highest BCUT2D eigenvalue weighted by atomic mass is 15.3. The first-order valence-corrected chi connectivity index (χ1v) is 4.64. The number of hydrogen-bond donors (Lipinski definition) is 3. The van der Waals surface area contributed by atoms with Crippen LogP contribution in [0.15, 0.2) is 18.2 Å². The minimum atomic E-state index is 0.257. The van der Waals surface area contributed by atoms with Gasteiger partial charge < -0.3 is 11.1 Å². The van der Waals surface area contributed by atoms with Gasteiger partial charge in [0.05, 0.1) is 11.6 Å². The number of nitriles is 1. The van der Waals surface area contributed by atoms with Gasteiger partial charge in [-0.15, -0.1) is 5.10 Å². The molecule has 4 N–H and O–H groups in total. The predicted molar refractivity (Wildman–Crippen MR) is 60.0 cm³/mol. The number of nitrogens with two attached hydrogens (primary N) is 1. The Morgan fingerprint density at radius 2 is 2.31 bits per heavy atom. The Balaban J connectivity index is 2.23. The van der Waals surface area contributed by atoms with Crippen molar-refractivity contribution in [2.24, 2.45) is 0 Å². The van der Waals surface area contributed by atoms with E-state index < -0.39 is 0 Å². The Morgan fingerprint density at radius 1 is 1.50 bits per heavy atom. The minimum absolute atomic E-state index is 0.257. The zero-order chi connectivity index (χ0) is 11.5. The van der Waals surface area contributed by atoms with E-state index in [9.17, 15) is 0 Å². The van der Waals surface area contributed by atoms with Crippen molar-refractivity contribution in [3.8, 4) is 6.07 Å². The molecule has 6 heteroatoms. The van der Waals surface area contributed by atoms with Gasteiger partial charge in [0.15, 0.2) is 0 Å². The van der Waals surface area contributed by atoms with Crippen molar-refractivity contribution in [2.45, 2.75) is 6.92 Å². The van der Waals surface area contributed by atoms with E-state index in [-0.39, 0.29) is 5.95 Å². The third-order valence-electron chi connectivity index (χ3n) is 2.11. The third kappa shape index (κ3) is 1.93. The van der Waals surface area contributed by atoms with Gasteiger partial charge in [-0.2, -0.15) is 10.2 Å². The number of aromatic amines is 1. The molecule has 1 aromatic carbocycles. The van der Waals surface area contributed by atoms with E-state index in [1.54, 1.807) is 12.1 Å². The molecule has 2 aromatic rings. The molecule has 0 unspecified atom stereocenters. The number of nitrogen functional groups attached to an aromatic ring is 1. The normalized spacial score (nSPS) is 9.75. The second-order valence-corrected chi connectivity index (χ2v) is 3.31. The van der Waals surface area contributed by atoms with E-state index in [1.807, 2.05) is 13.0 Å². The number of benzene rings is 1. The number of hydrogen-bond acceptors (Lipinski definition) is 5. The van der Waals surface area contributed by atoms with E-state index >= 15 is 0 Å². The highest BCUT2D eigenvalue weighted by Gasteiger charge is 2.02. The predicted octanol–water partition coefficient (Wildman–Crippen LogP) is 1.31. The van der Waals surface area contributed by atoms with Crippen LogP contribution >= 0.6 is 0 Å². The molecule has 6 nitrogen and oxygen atoms in total. The third-order valence-corrected chi connectivity index (χ3v) is 2.11. The molecule has 0 atom stereocenters. The number of nitrogens with one attached hydrogen (secondary N) is 2. The lowest BCUT2D eigenvalue weighted by molar-refractivity contribution is 1.10. The maximum Gasteiger partial charge on any atom is 0.248 e. The van der Waals surface area contributed by atoms with E-state index in [4.69, 9.17) is 11.0 Å². The summed E-state index contributed by atoms with van der Waals surface area (Å²) in [6.07, 6.45) is 0. The summed E-state index contributed by atoms with van der Waals surface area (Å²) in [6.45, 7) is 1.87. The van der Waals surface area contributed by atoms with Crippen LogP contribution in [0, 0.1) is 18.3 Å². The number of H-pyrrole nitrogens is 1. The Labute approximate surface area is 92.1 Å². The molecule has 16 heavy (non-hydrogen) atoms. The Hall–Kier alpha value is -2.55. The molecular weight excluding hydrogens is 204 g/mol. The fourth-order valence-corrected chi connectivity index (χ4v) is 1.33. The van der Waals surface area contributed by atoms with Crippen molar-refractivity contribution >= 4 is 17.6 Å². The summed E-state index contributed by atoms with van der Waals surface area (Å²) in [7, 11) is 0. The van der Waals surface area contributed by atoms with Crippen molar-refractivity contribution < 1.29 is 0 Å². The zero-order valence-electron chi connectivity index (χ0n) is 8.65. The first-order chi connectivity index (χ1) is 7.69. The van der Waals surface area contributed by atoms with E-state index in [1.165, 1.54) is 0 Å². The molecular formula is C10H10N6. The Morgan fingerprint density at radius 3 is 2.88 bits per heavy atom. The summed E-state index contributed by atoms with van der Waals surface area (Å²) < 4.78 is 0. The number of rotatable bonds is 2. The Kier molecular flexibility index (Phi) is 2.44. The highest BCUT2D eigenvalue weighted by molar-refractivity contribution is 5.57. The van der Waals surface area contributed by atoms with Gasteiger partial charge in [0.1, 0.15) is 0 Å². The van der Waals surface area contributed by atoms with Crippen LogP contribution < -0.4 is 11.1 Å². The molecule has 0 aliphatic carbocycles. The van der Waals surface area contributed by atoms with Gasteiger partial charge in [-0.05, 0) is 30.7 Å². The molecule has 1 aromatic heterocycles. The number of aromatic nitrogens is 3. The first kappa shape index (κ1) is 9.98. The highest BCUT2D eigenvalue weighted by Crippen LogP contribution is 2.17. The monoisotopic (exact) mass is 214 g/mol.